The summed E-state index contributed by atoms with van der Waals surface area (Å²) in [6.07, 6.45) is 0. The van der Waals surface area contributed by atoms with E-state index in [1.54, 1.807) is 17.7 Å². The Morgan fingerprint density at radius 2 is 2.28 bits per heavy atom. The summed E-state index contributed by atoms with van der Waals surface area (Å²) < 4.78 is 6.36. The highest BCUT2D eigenvalue weighted by molar-refractivity contribution is 5.98. The van der Waals surface area contributed by atoms with Gasteiger partial charge in [-0.3, -0.25) is 0 Å². The quantitative estimate of drug-likeness (QED) is 0.758. The second-order valence-corrected chi connectivity index (χ2v) is 3.92. The van der Waals surface area contributed by atoms with Gasteiger partial charge in [-0.25, -0.2) is 9.78 Å². The number of esters is 1. The maximum Gasteiger partial charge on any atom is 0.358 e. The third kappa shape index (κ3) is 1.49. The summed E-state index contributed by atoms with van der Waals surface area (Å²) >= 11 is 0. The maximum atomic E-state index is 11.5. The number of pyridine rings is 1. The zero-order chi connectivity index (χ0) is 13.4. The first-order valence-electron chi connectivity index (χ1n) is 5.25. The summed E-state index contributed by atoms with van der Waals surface area (Å²) in [6, 6.07) is 3.70. The molecule has 0 aliphatic carbocycles. The number of nitriles is 1. The van der Waals surface area contributed by atoms with Gasteiger partial charge in [-0.15, -0.1) is 0 Å². The molecule has 2 aromatic heterocycles. The first-order chi connectivity index (χ1) is 8.51. The van der Waals surface area contributed by atoms with Crippen LogP contribution in [0.3, 0.4) is 0 Å². The summed E-state index contributed by atoms with van der Waals surface area (Å²) in [7, 11) is 3.05. The molecule has 0 aliphatic rings. The van der Waals surface area contributed by atoms with Crippen molar-refractivity contribution in [2.75, 3.05) is 12.8 Å². The van der Waals surface area contributed by atoms with Crippen LogP contribution in [0.15, 0.2) is 6.07 Å². The molecule has 2 N–H and O–H groups in total. The van der Waals surface area contributed by atoms with Crippen LogP contribution in [-0.2, 0) is 11.8 Å². The van der Waals surface area contributed by atoms with Crippen LogP contribution in [0, 0.1) is 18.3 Å². The van der Waals surface area contributed by atoms with E-state index in [1.807, 2.05) is 6.92 Å². The summed E-state index contributed by atoms with van der Waals surface area (Å²) in [5.74, 6) is -0.591. The molecule has 18 heavy (non-hydrogen) atoms. The summed E-state index contributed by atoms with van der Waals surface area (Å²) in [5, 5.41) is 9.76. The molecule has 2 heterocycles. The number of rotatable bonds is 1. The van der Waals surface area contributed by atoms with Gasteiger partial charge in [-0.05, 0) is 13.0 Å². The van der Waals surface area contributed by atoms with Crippen LogP contribution in [0.1, 0.15) is 21.7 Å². The number of aryl methyl sites for hydroxylation is 1. The number of nitrogens with two attached hydrogens (primary N) is 1. The number of ether oxygens (including phenoxy) is 1. The van der Waals surface area contributed by atoms with Crippen molar-refractivity contribution >= 4 is 22.7 Å². The lowest BCUT2D eigenvalue weighted by Crippen LogP contribution is -2.09. The predicted molar refractivity (Wildman–Crippen MR) is 65.9 cm³/mol. The summed E-state index contributed by atoms with van der Waals surface area (Å²) in [6.45, 7) is 1.81. The van der Waals surface area contributed by atoms with Gasteiger partial charge >= 0.3 is 5.97 Å². The minimum absolute atomic E-state index is 0.0649. The molecule has 0 fully saturated rings. The average molecular weight is 244 g/mol. The van der Waals surface area contributed by atoms with Gasteiger partial charge in [0, 0.05) is 18.1 Å². The minimum atomic E-state index is -0.591. The molecule has 6 nitrogen and oxygen atoms in total. The van der Waals surface area contributed by atoms with Crippen molar-refractivity contribution in [3.63, 3.8) is 0 Å². The van der Waals surface area contributed by atoms with E-state index >= 15 is 0 Å². The Balaban J connectivity index is 2.85. The molecule has 0 aliphatic heterocycles. The van der Waals surface area contributed by atoms with Gasteiger partial charge in [0.15, 0.2) is 5.69 Å². The number of aromatic nitrogens is 2. The first-order valence-corrected chi connectivity index (χ1v) is 5.25. The lowest BCUT2D eigenvalue weighted by atomic mass is 10.1. The van der Waals surface area contributed by atoms with Gasteiger partial charge in [0.2, 0.25) is 0 Å². The van der Waals surface area contributed by atoms with E-state index in [2.05, 4.69) is 15.8 Å². The van der Waals surface area contributed by atoms with Crippen molar-refractivity contribution in [2.24, 2.45) is 7.05 Å². The topological polar surface area (TPSA) is 93.9 Å². The first kappa shape index (κ1) is 11.9. The summed E-state index contributed by atoms with van der Waals surface area (Å²) in [5.41, 5.74) is 7.87. The molecular formula is C12H12N4O2. The number of hydrogen-bond donors (Lipinski definition) is 1. The number of fused-ring (bicyclic) bond motifs is 1. The molecule has 0 saturated carbocycles. The van der Waals surface area contributed by atoms with Gasteiger partial charge in [0.05, 0.1) is 18.4 Å². The van der Waals surface area contributed by atoms with Crippen molar-refractivity contribution in [3.8, 4) is 6.07 Å². The molecule has 0 amide bonds. The van der Waals surface area contributed by atoms with Crippen molar-refractivity contribution in [1.29, 1.82) is 5.26 Å². The molecule has 2 aromatic rings. The van der Waals surface area contributed by atoms with Crippen LogP contribution in [0.5, 0.6) is 0 Å². The Labute approximate surface area is 104 Å². The fourth-order valence-electron chi connectivity index (χ4n) is 1.88. The molecular weight excluding hydrogens is 232 g/mol. The second kappa shape index (κ2) is 4.04. The Morgan fingerprint density at radius 3 is 2.83 bits per heavy atom. The summed E-state index contributed by atoms with van der Waals surface area (Å²) in [4.78, 5) is 15.7. The number of nitrogens with zero attached hydrogens (tertiary/aromatic N) is 3. The van der Waals surface area contributed by atoms with Crippen LogP contribution in [0.4, 0.5) is 5.69 Å². The number of nitrogen functional groups attached to an aromatic ring is 1. The van der Waals surface area contributed by atoms with E-state index in [1.165, 1.54) is 7.11 Å². The number of carbonyl (C=O) groups is 1. The molecule has 6 heteroatoms. The van der Waals surface area contributed by atoms with E-state index in [4.69, 9.17) is 11.0 Å². The lowest BCUT2D eigenvalue weighted by molar-refractivity contribution is 0.0596. The fraction of sp³-hybridized carbons (Fsp3) is 0.250. The van der Waals surface area contributed by atoms with Gasteiger partial charge in [0.1, 0.15) is 11.7 Å². The van der Waals surface area contributed by atoms with Crippen molar-refractivity contribution in [1.82, 2.24) is 9.55 Å². The molecule has 2 rings (SSSR count). The van der Waals surface area contributed by atoms with Gasteiger partial charge in [-0.2, -0.15) is 5.26 Å². The fourth-order valence-corrected chi connectivity index (χ4v) is 1.88. The molecule has 0 bridgehead atoms. The third-order valence-corrected chi connectivity index (χ3v) is 2.97. The Morgan fingerprint density at radius 1 is 1.61 bits per heavy atom. The van der Waals surface area contributed by atoms with Crippen LogP contribution in [-0.4, -0.2) is 22.6 Å². The third-order valence-electron chi connectivity index (χ3n) is 2.97. The van der Waals surface area contributed by atoms with Crippen molar-refractivity contribution in [3.05, 3.63) is 23.0 Å². The molecule has 0 saturated heterocycles. The largest absolute Gasteiger partial charge is 0.464 e. The SMILES string of the molecule is COC(=O)c1nc2c(cc1N)c(C#N)c(C)n2C. The van der Waals surface area contributed by atoms with E-state index < -0.39 is 5.97 Å². The second-order valence-electron chi connectivity index (χ2n) is 3.92. The number of anilines is 1. The number of methoxy groups -OCH3 is 1. The zero-order valence-corrected chi connectivity index (χ0v) is 10.3. The molecule has 0 aromatic carbocycles. The smallest absolute Gasteiger partial charge is 0.358 e. The van der Waals surface area contributed by atoms with Crippen LogP contribution >= 0.6 is 0 Å². The van der Waals surface area contributed by atoms with Gasteiger partial charge in [0.25, 0.3) is 0 Å². The monoisotopic (exact) mass is 244 g/mol. The highest BCUT2D eigenvalue weighted by atomic mass is 16.5. The molecule has 0 unspecified atom stereocenters. The van der Waals surface area contributed by atoms with E-state index in [9.17, 15) is 4.79 Å². The van der Waals surface area contributed by atoms with E-state index in [0.717, 1.165) is 5.69 Å². The van der Waals surface area contributed by atoms with Crippen molar-refractivity contribution < 1.29 is 9.53 Å². The van der Waals surface area contributed by atoms with Crippen LogP contribution < -0.4 is 5.73 Å². The Bertz CT molecular complexity index is 694. The Hall–Kier alpha value is -2.55. The van der Waals surface area contributed by atoms with E-state index in [0.29, 0.717) is 16.6 Å². The van der Waals surface area contributed by atoms with Crippen LogP contribution in [0.25, 0.3) is 11.0 Å². The highest BCUT2D eigenvalue weighted by Gasteiger charge is 2.19. The number of hydrogen-bond acceptors (Lipinski definition) is 5. The molecule has 0 radical (unpaired) electrons. The molecule has 0 atom stereocenters. The van der Waals surface area contributed by atoms with Gasteiger partial charge < -0.3 is 15.0 Å². The van der Waals surface area contributed by atoms with Gasteiger partial charge in [-0.1, -0.05) is 0 Å². The highest BCUT2D eigenvalue weighted by Crippen LogP contribution is 2.26. The molecule has 0 spiro atoms. The van der Waals surface area contributed by atoms with E-state index in [-0.39, 0.29) is 11.4 Å². The minimum Gasteiger partial charge on any atom is -0.464 e. The van der Waals surface area contributed by atoms with Crippen LogP contribution in [0.2, 0.25) is 0 Å². The predicted octanol–water partition coefficient (Wildman–Crippen LogP) is 1.12. The normalized spacial score (nSPS) is 10.3. The average Bonchev–Trinajstić information content (AvgIpc) is 2.59. The lowest BCUT2D eigenvalue weighted by Gasteiger charge is -2.04. The molecule has 92 valence electrons. The Kier molecular flexibility index (Phi) is 2.67. The standard InChI is InChI=1S/C12H12N4O2/c1-6-8(5-13)7-4-9(14)10(12(17)18-3)15-11(7)16(6)2/h4H,14H2,1-3H3. The zero-order valence-electron chi connectivity index (χ0n) is 10.3. The maximum absolute atomic E-state index is 11.5. The number of carbonyl (C=O) groups excluding carboxylic acids is 1. The van der Waals surface area contributed by atoms with Crippen molar-refractivity contribution in [2.45, 2.75) is 6.92 Å².